The van der Waals surface area contributed by atoms with Gasteiger partial charge in [-0.2, -0.15) is 0 Å². The third-order valence-corrected chi connectivity index (χ3v) is 2.95. The molecule has 0 atom stereocenters. The van der Waals surface area contributed by atoms with Gasteiger partial charge in [-0.05, 0) is 6.26 Å². The molecule has 0 aliphatic rings. The third kappa shape index (κ3) is 3.16. The summed E-state index contributed by atoms with van der Waals surface area (Å²) in [4.78, 5) is 8.27. The van der Waals surface area contributed by atoms with Crippen molar-refractivity contribution in [2.75, 3.05) is 18.1 Å². The Kier molecular flexibility index (Phi) is 3.92. The van der Waals surface area contributed by atoms with Gasteiger partial charge in [-0.15, -0.1) is 22.0 Å². The van der Waals surface area contributed by atoms with Crippen LogP contribution >= 0.6 is 11.8 Å². The Morgan fingerprint density at radius 2 is 2.29 bits per heavy atom. The minimum Gasteiger partial charge on any atom is -0.369 e. The molecule has 2 heterocycles. The molecule has 90 valence electrons. The van der Waals surface area contributed by atoms with Crippen LogP contribution in [0.15, 0.2) is 23.7 Å². The molecule has 0 aliphatic carbocycles. The standard InChI is InChI=1S/C10H14N6S/c1-16-7-14-15-9(16)3-4-11-8-5-10(17-2)13-6-12-8/h5-7H,3-4H2,1-2H3,(H,11,12,13). The molecule has 1 N–H and O–H groups in total. The van der Waals surface area contributed by atoms with Gasteiger partial charge >= 0.3 is 0 Å². The summed E-state index contributed by atoms with van der Waals surface area (Å²) in [7, 11) is 1.94. The summed E-state index contributed by atoms with van der Waals surface area (Å²) >= 11 is 1.60. The van der Waals surface area contributed by atoms with Crippen molar-refractivity contribution in [1.29, 1.82) is 0 Å². The molecule has 2 aromatic heterocycles. The van der Waals surface area contributed by atoms with Crippen molar-refractivity contribution in [2.24, 2.45) is 7.05 Å². The molecule has 0 radical (unpaired) electrons. The Morgan fingerprint density at radius 3 is 3.00 bits per heavy atom. The van der Waals surface area contributed by atoms with E-state index in [-0.39, 0.29) is 0 Å². The summed E-state index contributed by atoms with van der Waals surface area (Å²) in [5, 5.41) is 12.0. The maximum absolute atomic E-state index is 4.15. The quantitative estimate of drug-likeness (QED) is 0.630. The molecule has 7 heteroatoms. The Bertz CT molecular complexity index is 483. The van der Waals surface area contributed by atoms with Gasteiger partial charge in [0, 0.05) is 26.1 Å². The molecule has 2 aromatic rings. The number of aryl methyl sites for hydroxylation is 1. The number of hydrogen-bond donors (Lipinski definition) is 1. The van der Waals surface area contributed by atoms with E-state index in [1.54, 1.807) is 24.4 Å². The van der Waals surface area contributed by atoms with Crippen LogP contribution in [0.25, 0.3) is 0 Å². The molecule has 0 spiro atoms. The second kappa shape index (κ2) is 5.62. The number of hydrogen-bond acceptors (Lipinski definition) is 6. The summed E-state index contributed by atoms with van der Waals surface area (Å²) < 4.78 is 1.91. The van der Waals surface area contributed by atoms with E-state index in [1.807, 2.05) is 23.9 Å². The number of thioether (sulfide) groups is 1. The molecule has 0 unspecified atom stereocenters. The lowest BCUT2D eigenvalue weighted by Crippen LogP contribution is -2.09. The molecule has 0 fully saturated rings. The lowest BCUT2D eigenvalue weighted by Gasteiger charge is -2.05. The van der Waals surface area contributed by atoms with E-state index in [0.29, 0.717) is 0 Å². The highest BCUT2D eigenvalue weighted by atomic mass is 32.2. The number of anilines is 1. The summed E-state index contributed by atoms with van der Waals surface area (Å²) in [6, 6.07) is 1.93. The zero-order valence-electron chi connectivity index (χ0n) is 9.79. The zero-order chi connectivity index (χ0) is 12.1. The molecule has 0 amide bonds. The number of nitrogens with one attached hydrogen (secondary N) is 1. The van der Waals surface area contributed by atoms with Crippen LogP contribution in [-0.2, 0) is 13.5 Å². The maximum atomic E-state index is 4.15. The van der Waals surface area contributed by atoms with Gasteiger partial charge in [-0.1, -0.05) is 0 Å². The molecular weight excluding hydrogens is 236 g/mol. The Hall–Kier alpha value is -1.63. The van der Waals surface area contributed by atoms with E-state index in [0.717, 1.165) is 29.6 Å². The van der Waals surface area contributed by atoms with Crippen LogP contribution in [-0.4, -0.2) is 37.5 Å². The normalized spacial score (nSPS) is 10.5. The highest BCUT2D eigenvalue weighted by Gasteiger charge is 2.01. The van der Waals surface area contributed by atoms with Crippen LogP contribution in [0.3, 0.4) is 0 Å². The summed E-state index contributed by atoms with van der Waals surface area (Å²) in [6.45, 7) is 0.775. The van der Waals surface area contributed by atoms with Crippen molar-refractivity contribution < 1.29 is 0 Å². The van der Waals surface area contributed by atoms with Crippen LogP contribution in [0.1, 0.15) is 5.82 Å². The van der Waals surface area contributed by atoms with Crippen LogP contribution in [0.5, 0.6) is 0 Å². The van der Waals surface area contributed by atoms with E-state index < -0.39 is 0 Å². The second-order valence-electron chi connectivity index (χ2n) is 3.48. The Balaban J connectivity index is 1.87. The highest BCUT2D eigenvalue weighted by molar-refractivity contribution is 7.98. The molecule has 17 heavy (non-hydrogen) atoms. The third-order valence-electron chi connectivity index (χ3n) is 2.31. The van der Waals surface area contributed by atoms with E-state index >= 15 is 0 Å². The first kappa shape index (κ1) is 11.8. The first-order chi connectivity index (χ1) is 8.29. The van der Waals surface area contributed by atoms with Gasteiger partial charge in [0.1, 0.15) is 29.3 Å². The van der Waals surface area contributed by atoms with Gasteiger partial charge < -0.3 is 9.88 Å². The first-order valence-electron chi connectivity index (χ1n) is 5.22. The van der Waals surface area contributed by atoms with Crippen LogP contribution < -0.4 is 5.32 Å². The highest BCUT2D eigenvalue weighted by Crippen LogP contribution is 2.13. The van der Waals surface area contributed by atoms with Crippen LogP contribution in [0.2, 0.25) is 0 Å². The van der Waals surface area contributed by atoms with Crippen LogP contribution in [0.4, 0.5) is 5.82 Å². The molecule has 0 bridgehead atoms. The molecule has 0 aliphatic heterocycles. The topological polar surface area (TPSA) is 68.5 Å². The number of aromatic nitrogens is 5. The van der Waals surface area contributed by atoms with Gasteiger partial charge in [0.2, 0.25) is 0 Å². The van der Waals surface area contributed by atoms with Crippen molar-refractivity contribution in [3.63, 3.8) is 0 Å². The Morgan fingerprint density at radius 1 is 1.41 bits per heavy atom. The predicted octanol–water partition coefficient (Wildman–Crippen LogP) is 0.982. The van der Waals surface area contributed by atoms with Crippen molar-refractivity contribution >= 4 is 17.6 Å². The largest absolute Gasteiger partial charge is 0.369 e. The van der Waals surface area contributed by atoms with Gasteiger partial charge in [-0.3, -0.25) is 0 Å². The smallest absolute Gasteiger partial charge is 0.134 e. The fourth-order valence-electron chi connectivity index (χ4n) is 1.38. The maximum Gasteiger partial charge on any atom is 0.134 e. The number of nitrogens with zero attached hydrogens (tertiary/aromatic N) is 5. The van der Waals surface area contributed by atoms with Gasteiger partial charge in [-0.25, -0.2) is 9.97 Å². The second-order valence-corrected chi connectivity index (χ2v) is 4.31. The van der Waals surface area contributed by atoms with Crippen molar-refractivity contribution in [3.8, 4) is 0 Å². The fourth-order valence-corrected chi connectivity index (χ4v) is 1.77. The molecule has 0 saturated heterocycles. The van der Waals surface area contributed by atoms with Crippen molar-refractivity contribution in [3.05, 3.63) is 24.5 Å². The Labute approximate surface area is 104 Å². The predicted molar refractivity (Wildman–Crippen MR) is 67.0 cm³/mol. The lowest BCUT2D eigenvalue weighted by molar-refractivity contribution is 0.786. The van der Waals surface area contributed by atoms with Gasteiger partial charge in [0.15, 0.2) is 0 Å². The van der Waals surface area contributed by atoms with Crippen LogP contribution in [0, 0.1) is 0 Å². The van der Waals surface area contributed by atoms with E-state index in [2.05, 4.69) is 25.5 Å². The lowest BCUT2D eigenvalue weighted by atomic mass is 10.4. The minimum absolute atomic E-state index is 0.775. The van der Waals surface area contributed by atoms with Gasteiger partial charge in [0.25, 0.3) is 0 Å². The molecule has 6 nitrogen and oxygen atoms in total. The monoisotopic (exact) mass is 250 g/mol. The summed E-state index contributed by atoms with van der Waals surface area (Å²) in [6.07, 6.45) is 6.07. The average Bonchev–Trinajstić information content (AvgIpc) is 2.76. The van der Waals surface area contributed by atoms with Gasteiger partial charge in [0.05, 0.1) is 0 Å². The van der Waals surface area contributed by atoms with Crippen molar-refractivity contribution in [2.45, 2.75) is 11.4 Å². The number of rotatable bonds is 5. The minimum atomic E-state index is 0.775. The first-order valence-corrected chi connectivity index (χ1v) is 6.45. The molecular formula is C10H14N6S. The van der Waals surface area contributed by atoms with Crippen molar-refractivity contribution in [1.82, 2.24) is 24.7 Å². The average molecular weight is 250 g/mol. The molecule has 0 aromatic carbocycles. The van der Waals surface area contributed by atoms with E-state index in [1.165, 1.54) is 0 Å². The fraction of sp³-hybridized carbons (Fsp3) is 0.400. The summed E-state index contributed by atoms with van der Waals surface area (Å²) in [5.41, 5.74) is 0. The molecule has 0 saturated carbocycles. The van der Waals surface area contributed by atoms with E-state index in [9.17, 15) is 0 Å². The molecule has 2 rings (SSSR count). The SMILES string of the molecule is CSc1cc(NCCc2nncn2C)ncn1. The summed E-state index contributed by atoms with van der Waals surface area (Å²) in [5.74, 6) is 1.79. The zero-order valence-corrected chi connectivity index (χ0v) is 10.6. The van der Waals surface area contributed by atoms with E-state index in [4.69, 9.17) is 0 Å².